The van der Waals surface area contributed by atoms with Crippen LogP contribution in [0.15, 0.2) is 91.0 Å². The van der Waals surface area contributed by atoms with Gasteiger partial charge < -0.3 is 0 Å². The van der Waals surface area contributed by atoms with Gasteiger partial charge in [-0.25, -0.2) is 0 Å². The molecule has 0 aromatic heterocycles. The third-order valence-corrected chi connectivity index (χ3v) is 6.83. The zero-order valence-electron chi connectivity index (χ0n) is 18.1. The molecule has 3 aromatic rings. The van der Waals surface area contributed by atoms with E-state index in [9.17, 15) is 0 Å². The lowest BCUT2D eigenvalue weighted by atomic mass is 9.17. The molecule has 0 atom stereocenters. The van der Waals surface area contributed by atoms with Crippen LogP contribution in [0.25, 0.3) is 0 Å². The molecule has 29 heavy (non-hydrogen) atoms. The van der Waals surface area contributed by atoms with E-state index in [1.807, 2.05) is 0 Å². The highest BCUT2D eigenvalue weighted by Gasteiger charge is 2.23. The van der Waals surface area contributed by atoms with Crippen LogP contribution in [0.3, 0.4) is 0 Å². The number of aryl methyl sites for hydroxylation is 3. The van der Waals surface area contributed by atoms with Gasteiger partial charge in [-0.05, 0) is 0 Å². The van der Waals surface area contributed by atoms with Crippen LogP contribution in [0.2, 0.25) is 25.3 Å². The van der Waals surface area contributed by atoms with Crippen LogP contribution in [0.5, 0.6) is 0 Å². The second-order valence-corrected chi connectivity index (χ2v) is 8.95. The molecule has 3 aromatic carbocycles. The van der Waals surface area contributed by atoms with Gasteiger partial charge in [0.2, 0.25) is 0 Å². The van der Waals surface area contributed by atoms with Crippen molar-refractivity contribution < 1.29 is 0 Å². The van der Waals surface area contributed by atoms with E-state index in [4.69, 9.17) is 0 Å². The molecule has 152 valence electrons. The highest BCUT2D eigenvalue weighted by molar-refractivity contribution is 6.80. The Morgan fingerprint density at radius 2 is 0.828 bits per heavy atom. The normalized spacial score (nSPS) is 11.5. The molecule has 0 saturated carbocycles. The Balaban J connectivity index is 1.75. The minimum Gasteiger partial charge on any atom is -0.178 e. The van der Waals surface area contributed by atoms with Gasteiger partial charge in [0.15, 0.2) is 0 Å². The number of rotatable bonds is 12. The summed E-state index contributed by atoms with van der Waals surface area (Å²) in [5.41, 5.74) is 4.49. The summed E-state index contributed by atoms with van der Waals surface area (Å²) in [6.07, 6.45) is 11.4. The summed E-state index contributed by atoms with van der Waals surface area (Å²) in [6.45, 7) is 2.34. The van der Waals surface area contributed by atoms with Crippen molar-refractivity contribution in [1.29, 1.82) is 0 Å². The smallest absolute Gasteiger partial charge is 0.00191 e. The molecule has 0 bridgehead atoms. The molecular formula is C28H36B-. The molecule has 0 aliphatic heterocycles. The van der Waals surface area contributed by atoms with Gasteiger partial charge in [0.05, 0.1) is 0 Å². The molecular weight excluding hydrogens is 347 g/mol. The number of unbranched alkanes of at least 4 members (excludes halogenated alkanes) is 1. The Bertz CT molecular complexity index is 689. The summed E-state index contributed by atoms with van der Waals surface area (Å²) in [5.74, 6) is 0. The Labute approximate surface area is 178 Å². The Hall–Kier alpha value is -2.28. The molecule has 0 amide bonds. The van der Waals surface area contributed by atoms with E-state index in [2.05, 4.69) is 97.9 Å². The first-order valence-corrected chi connectivity index (χ1v) is 11.6. The molecule has 0 nitrogen and oxygen atoms in total. The lowest BCUT2D eigenvalue weighted by Gasteiger charge is -2.40. The standard InChI is InChI=1S/C28H36B/c1-2-3-22-29(23-19-26-13-7-4-8-14-26,24-20-27-15-9-5-10-16-27)25-21-28-17-11-6-12-18-28/h4-18H,2-3,19-25H2,1H3/q-1. The van der Waals surface area contributed by atoms with E-state index < -0.39 is 0 Å². The fourth-order valence-electron chi connectivity index (χ4n) is 4.86. The van der Waals surface area contributed by atoms with Crippen molar-refractivity contribution in [1.82, 2.24) is 0 Å². The van der Waals surface area contributed by atoms with Crippen molar-refractivity contribution in [3.05, 3.63) is 108 Å². The monoisotopic (exact) mass is 383 g/mol. The van der Waals surface area contributed by atoms with Crippen LogP contribution in [-0.2, 0) is 19.3 Å². The Morgan fingerprint density at radius 1 is 0.483 bits per heavy atom. The van der Waals surface area contributed by atoms with Crippen LogP contribution < -0.4 is 0 Å². The summed E-state index contributed by atoms with van der Waals surface area (Å²) >= 11 is 0. The average Bonchev–Trinajstić information content (AvgIpc) is 2.80. The quantitative estimate of drug-likeness (QED) is 0.278. The van der Waals surface area contributed by atoms with Crippen molar-refractivity contribution in [2.45, 2.75) is 64.3 Å². The van der Waals surface area contributed by atoms with Crippen LogP contribution in [0, 0.1) is 0 Å². The Morgan fingerprint density at radius 3 is 1.14 bits per heavy atom. The third kappa shape index (κ3) is 7.24. The van der Waals surface area contributed by atoms with E-state index >= 15 is 0 Å². The average molecular weight is 383 g/mol. The first kappa shape index (κ1) is 21.4. The van der Waals surface area contributed by atoms with E-state index in [-0.39, 0.29) is 6.15 Å². The predicted octanol–water partition coefficient (Wildman–Crippen LogP) is 7.96. The summed E-state index contributed by atoms with van der Waals surface area (Å²) in [7, 11) is 0. The van der Waals surface area contributed by atoms with Crippen molar-refractivity contribution in [3.63, 3.8) is 0 Å². The van der Waals surface area contributed by atoms with Crippen molar-refractivity contribution in [3.8, 4) is 0 Å². The second kappa shape index (κ2) is 11.7. The topological polar surface area (TPSA) is 0 Å². The lowest BCUT2D eigenvalue weighted by Crippen LogP contribution is -2.36. The van der Waals surface area contributed by atoms with Crippen molar-refractivity contribution >= 4 is 6.15 Å². The number of hydrogen-bond donors (Lipinski definition) is 0. The fraction of sp³-hybridized carbons (Fsp3) is 0.357. The van der Waals surface area contributed by atoms with Gasteiger partial charge in [-0.15, -0.1) is 0 Å². The molecule has 0 aliphatic carbocycles. The van der Waals surface area contributed by atoms with Crippen LogP contribution in [0.4, 0.5) is 0 Å². The SMILES string of the molecule is CCCC[B-](CCc1ccccc1)(CCc1ccccc1)CCc1ccccc1. The largest absolute Gasteiger partial charge is 0.178 e. The maximum Gasteiger partial charge on any atom is 0.00191 e. The van der Waals surface area contributed by atoms with Gasteiger partial charge >= 0.3 is 0 Å². The summed E-state index contributed by atoms with van der Waals surface area (Å²) in [6, 6.07) is 33.3. The first-order chi connectivity index (χ1) is 14.3. The molecule has 0 unspecified atom stereocenters. The van der Waals surface area contributed by atoms with Gasteiger partial charge in [0.1, 0.15) is 0 Å². The molecule has 0 N–H and O–H groups in total. The molecule has 0 saturated heterocycles. The number of hydrogen-bond acceptors (Lipinski definition) is 0. The molecule has 3 rings (SSSR count). The minimum atomic E-state index is -0.386. The molecule has 0 spiro atoms. The van der Waals surface area contributed by atoms with Gasteiger partial charge in [-0.1, -0.05) is 147 Å². The molecule has 0 radical (unpaired) electrons. The third-order valence-electron chi connectivity index (χ3n) is 6.83. The van der Waals surface area contributed by atoms with Gasteiger partial charge in [-0.2, -0.15) is 25.3 Å². The predicted molar refractivity (Wildman–Crippen MR) is 130 cm³/mol. The van der Waals surface area contributed by atoms with Crippen molar-refractivity contribution in [2.75, 3.05) is 0 Å². The maximum absolute atomic E-state index is 2.34. The highest BCUT2D eigenvalue weighted by atomic mass is 14.1. The Kier molecular flexibility index (Phi) is 8.62. The molecule has 0 fully saturated rings. The fourth-order valence-corrected chi connectivity index (χ4v) is 4.86. The van der Waals surface area contributed by atoms with E-state index in [0.29, 0.717) is 0 Å². The van der Waals surface area contributed by atoms with Crippen LogP contribution in [-0.4, -0.2) is 6.15 Å². The van der Waals surface area contributed by atoms with Gasteiger partial charge in [0.25, 0.3) is 0 Å². The van der Waals surface area contributed by atoms with Crippen LogP contribution in [0.1, 0.15) is 36.5 Å². The lowest BCUT2D eigenvalue weighted by molar-refractivity contribution is 0.832. The molecule has 1 heteroatoms. The second-order valence-electron chi connectivity index (χ2n) is 8.95. The van der Waals surface area contributed by atoms with E-state index in [1.54, 1.807) is 0 Å². The van der Waals surface area contributed by atoms with E-state index in [1.165, 1.54) is 74.1 Å². The summed E-state index contributed by atoms with van der Waals surface area (Å²) in [4.78, 5) is 0. The molecule has 0 heterocycles. The summed E-state index contributed by atoms with van der Waals surface area (Å²) in [5, 5.41) is 0. The zero-order chi connectivity index (χ0) is 20.2. The van der Waals surface area contributed by atoms with Crippen molar-refractivity contribution in [2.24, 2.45) is 0 Å². The van der Waals surface area contributed by atoms with E-state index in [0.717, 1.165) is 0 Å². The maximum atomic E-state index is 2.34. The highest BCUT2D eigenvalue weighted by Crippen LogP contribution is 2.33. The first-order valence-electron chi connectivity index (χ1n) is 11.6. The van der Waals surface area contributed by atoms with Crippen LogP contribution >= 0.6 is 0 Å². The van der Waals surface area contributed by atoms with Gasteiger partial charge in [-0.3, -0.25) is 0 Å². The summed E-state index contributed by atoms with van der Waals surface area (Å²) < 4.78 is 0. The number of benzene rings is 3. The van der Waals surface area contributed by atoms with Gasteiger partial charge in [0, 0.05) is 6.15 Å². The molecule has 0 aliphatic rings. The zero-order valence-corrected chi connectivity index (χ0v) is 18.1. The minimum absolute atomic E-state index is 0.386.